The number of carbonyl (C=O) groups is 2. The zero-order chi connectivity index (χ0) is 47.9. The summed E-state index contributed by atoms with van der Waals surface area (Å²) in [4.78, 5) is 24.5. The number of rotatable bonds is 55. The maximum atomic E-state index is 12.5. The predicted molar refractivity (Wildman–Crippen MR) is 287 cm³/mol. The summed E-state index contributed by atoms with van der Waals surface area (Å²) in [5.41, 5.74) is 0. The number of aliphatic hydroxyl groups is 2. The molecule has 0 radical (unpaired) electrons. The highest BCUT2D eigenvalue weighted by atomic mass is 16.5. The fourth-order valence-electron chi connectivity index (χ4n) is 9.22. The van der Waals surface area contributed by atoms with Crippen LogP contribution in [0.3, 0.4) is 0 Å². The van der Waals surface area contributed by atoms with Gasteiger partial charge in [-0.1, -0.05) is 276 Å². The van der Waals surface area contributed by atoms with E-state index < -0.39 is 12.1 Å². The van der Waals surface area contributed by atoms with Gasteiger partial charge in [-0.25, -0.2) is 0 Å². The molecule has 6 nitrogen and oxygen atoms in total. The molecule has 0 aliphatic heterocycles. The Labute approximate surface area is 411 Å². The minimum Gasteiger partial charge on any atom is -0.466 e. The average Bonchev–Trinajstić information content (AvgIpc) is 3.32. The van der Waals surface area contributed by atoms with Crippen LogP contribution in [0.2, 0.25) is 0 Å². The number of ether oxygens (including phenoxy) is 1. The third-order valence-electron chi connectivity index (χ3n) is 13.8. The van der Waals surface area contributed by atoms with Crippen molar-refractivity contribution in [3.63, 3.8) is 0 Å². The second-order valence-electron chi connectivity index (χ2n) is 20.4. The molecule has 2 unspecified atom stereocenters. The van der Waals surface area contributed by atoms with E-state index in [2.05, 4.69) is 43.5 Å². The Morgan fingerprint density at radius 1 is 0.424 bits per heavy atom. The minimum atomic E-state index is -0.678. The Morgan fingerprint density at radius 3 is 1.12 bits per heavy atom. The van der Waals surface area contributed by atoms with Gasteiger partial charge < -0.3 is 20.3 Å². The lowest BCUT2D eigenvalue weighted by atomic mass is 10.0. The molecular formula is C60H115NO5. The molecule has 3 N–H and O–H groups in total. The molecule has 0 bridgehead atoms. The molecule has 0 aromatic carbocycles. The van der Waals surface area contributed by atoms with Crippen molar-refractivity contribution in [2.75, 3.05) is 13.2 Å². The molecule has 1 amide bonds. The highest BCUT2D eigenvalue weighted by Crippen LogP contribution is 2.17. The largest absolute Gasteiger partial charge is 0.466 e. The number of hydrogen-bond donors (Lipinski definition) is 3. The van der Waals surface area contributed by atoms with Crippen LogP contribution in [0.1, 0.15) is 322 Å². The van der Waals surface area contributed by atoms with Gasteiger partial charge in [-0.3, -0.25) is 9.59 Å². The monoisotopic (exact) mass is 930 g/mol. The quantitative estimate of drug-likeness (QED) is 0.0321. The summed E-state index contributed by atoms with van der Waals surface area (Å²) in [5, 5.41) is 23.3. The summed E-state index contributed by atoms with van der Waals surface area (Å²) < 4.78 is 5.46. The van der Waals surface area contributed by atoms with Gasteiger partial charge in [0.2, 0.25) is 5.91 Å². The fraction of sp³-hybridized carbons (Fsp3) is 0.900. The van der Waals surface area contributed by atoms with Crippen molar-refractivity contribution in [1.29, 1.82) is 0 Å². The zero-order valence-corrected chi connectivity index (χ0v) is 44.4. The van der Waals surface area contributed by atoms with Gasteiger partial charge in [0.15, 0.2) is 0 Å². The molecule has 6 heteroatoms. The SMILES string of the molecule is CCCCCCCCCCCCCCCCCCCC(=O)OCCCCC/C=C\C=C/CCCCCCCCC(=O)NC(CO)C(O)CCCCCCCCCCCCCCCCCCC. The molecule has 2 atom stereocenters. The van der Waals surface area contributed by atoms with Crippen LogP contribution >= 0.6 is 0 Å². The van der Waals surface area contributed by atoms with E-state index >= 15 is 0 Å². The molecule has 66 heavy (non-hydrogen) atoms. The van der Waals surface area contributed by atoms with Crippen LogP contribution in [0.4, 0.5) is 0 Å². The van der Waals surface area contributed by atoms with Crippen molar-refractivity contribution < 1.29 is 24.5 Å². The molecule has 0 spiro atoms. The van der Waals surface area contributed by atoms with Crippen LogP contribution in [0.25, 0.3) is 0 Å². The first kappa shape index (κ1) is 64.3. The van der Waals surface area contributed by atoms with Crippen molar-refractivity contribution in [3.8, 4) is 0 Å². The van der Waals surface area contributed by atoms with Gasteiger partial charge >= 0.3 is 5.97 Å². The van der Waals surface area contributed by atoms with Crippen molar-refractivity contribution in [3.05, 3.63) is 24.3 Å². The number of unbranched alkanes of at least 4 members (excludes halogenated alkanes) is 41. The van der Waals surface area contributed by atoms with E-state index in [4.69, 9.17) is 4.74 Å². The number of nitrogens with one attached hydrogen (secondary N) is 1. The van der Waals surface area contributed by atoms with E-state index in [0.717, 1.165) is 77.0 Å². The maximum Gasteiger partial charge on any atom is 0.305 e. The Kier molecular flexibility index (Phi) is 54.5. The molecule has 0 heterocycles. The Bertz CT molecular complexity index is 1030. The van der Waals surface area contributed by atoms with Gasteiger partial charge in [0.05, 0.1) is 25.4 Å². The standard InChI is InChI=1S/C60H115NO5/c1-3-5-7-9-11-13-15-17-19-21-24-28-32-36-40-44-48-52-58(63)57(56-62)61-59(64)53-49-45-41-37-33-29-25-23-27-31-35-39-43-47-51-55-66-60(65)54-50-46-42-38-34-30-26-22-20-18-16-14-12-10-8-6-4-2/h23,27,31,35,57-58,62-63H,3-22,24-26,28-30,32-34,36-56H2,1-2H3,(H,61,64)/b27-23-,35-31-. The predicted octanol–water partition coefficient (Wildman–Crippen LogP) is 18.2. The van der Waals surface area contributed by atoms with E-state index in [9.17, 15) is 19.8 Å². The molecule has 0 aliphatic carbocycles. The Morgan fingerprint density at radius 2 is 0.742 bits per heavy atom. The molecule has 390 valence electrons. The highest BCUT2D eigenvalue weighted by molar-refractivity contribution is 5.76. The molecule has 0 aliphatic rings. The van der Waals surface area contributed by atoms with Crippen molar-refractivity contribution >= 4 is 11.9 Å². The van der Waals surface area contributed by atoms with Crippen LogP contribution in [-0.4, -0.2) is 47.4 Å². The van der Waals surface area contributed by atoms with Gasteiger partial charge in [-0.05, 0) is 57.8 Å². The lowest BCUT2D eigenvalue weighted by Gasteiger charge is -2.22. The summed E-state index contributed by atoms with van der Waals surface area (Å²) in [6.45, 7) is 4.92. The molecular weight excluding hydrogens is 815 g/mol. The number of allylic oxidation sites excluding steroid dienone is 4. The lowest BCUT2D eigenvalue weighted by molar-refractivity contribution is -0.143. The molecule has 0 fully saturated rings. The molecule has 0 aromatic rings. The van der Waals surface area contributed by atoms with Crippen LogP contribution in [0, 0.1) is 0 Å². The van der Waals surface area contributed by atoms with Gasteiger partial charge in [0, 0.05) is 12.8 Å². The fourth-order valence-corrected chi connectivity index (χ4v) is 9.22. The normalized spacial score (nSPS) is 12.7. The number of carbonyl (C=O) groups excluding carboxylic acids is 2. The van der Waals surface area contributed by atoms with Crippen LogP contribution in [0.5, 0.6) is 0 Å². The van der Waals surface area contributed by atoms with Crippen molar-refractivity contribution in [2.24, 2.45) is 0 Å². The van der Waals surface area contributed by atoms with Gasteiger partial charge in [-0.15, -0.1) is 0 Å². The first-order valence-corrected chi connectivity index (χ1v) is 29.6. The van der Waals surface area contributed by atoms with E-state index in [-0.39, 0.29) is 18.5 Å². The van der Waals surface area contributed by atoms with Gasteiger partial charge in [0.25, 0.3) is 0 Å². The molecule has 0 rings (SSSR count). The first-order valence-electron chi connectivity index (χ1n) is 29.6. The van der Waals surface area contributed by atoms with Gasteiger partial charge in [-0.2, -0.15) is 0 Å². The summed E-state index contributed by atoms with van der Waals surface area (Å²) in [7, 11) is 0. The summed E-state index contributed by atoms with van der Waals surface area (Å²) >= 11 is 0. The molecule has 0 aromatic heterocycles. The topological polar surface area (TPSA) is 95.9 Å². The van der Waals surface area contributed by atoms with E-state index in [1.807, 2.05) is 0 Å². The van der Waals surface area contributed by atoms with E-state index in [1.54, 1.807) is 0 Å². The molecule has 0 saturated heterocycles. The Balaban J connectivity index is 3.49. The summed E-state index contributed by atoms with van der Waals surface area (Å²) in [6.07, 6.45) is 67.4. The number of esters is 1. The smallest absolute Gasteiger partial charge is 0.305 e. The third-order valence-corrected chi connectivity index (χ3v) is 13.8. The third kappa shape index (κ3) is 51.7. The number of aliphatic hydroxyl groups excluding tert-OH is 2. The van der Waals surface area contributed by atoms with Crippen molar-refractivity contribution in [1.82, 2.24) is 5.32 Å². The second-order valence-corrected chi connectivity index (χ2v) is 20.4. The maximum absolute atomic E-state index is 12.5. The zero-order valence-electron chi connectivity index (χ0n) is 44.4. The van der Waals surface area contributed by atoms with E-state index in [1.165, 1.54) is 212 Å². The number of amides is 1. The number of hydrogen-bond acceptors (Lipinski definition) is 5. The highest BCUT2D eigenvalue weighted by Gasteiger charge is 2.20. The summed E-state index contributed by atoms with van der Waals surface area (Å²) in [5.74, 6) is -0.0724. The van der Waals surface area contributed by atoms with Crippen LogP contribution in [-0.2, 0) is 14.3 Å². The van der Waals surface area contributed by atoms with Crippen LogP contribution in [0.15, 0.2) is 24.3 Å². The van der Waals surface area contributed by atoms with Crippen LogP contribution < -0.4 is 5.32 Å². The average molecular weight is 931 g/mol. The van der Waals surface area contributed by atoms with Crippen molar-refractivity contribution in [2.45, 2.75) is 334 Å². The molecule has 0 saturated carbocycles. The summed E-state index contributed by atoms with van der Waals surface area (Å²) in [6, 6.07) is -0.558. The van der Waals surface area contributed by atoms with E-state index in [0.29, 0.717) is 25.9 Å². The Hall–Kier alpha value is -1.66. The second kappa shape index (κ2) is 55.9. The minimum absolute atomic E-state index is 0.0172. The lowest BCUT2D eigenvalue weighted by Crippen LogP contribution is -2.45. The van der Waals surface area contributed by atoms with Gasteiger partial charge in [0.1, 0.15) is 0 Å². The first-order chi connectivity index (χ1) is 32.5.